The van der Waals surface area contributed by atoms with Gasteiger partial charge in [-0.25, -0.2) is 4.68 Å². The Hall–Kier alpha value is -2.14. The third kappa shape index (κ3) is 4.10. The topological polar surface area (TPSA) is 47.4 Å². The highest BCUT2D eigenvalue weighted by atomic mass is 16.5. The first kappa shape index (κ1) is 17.7. The Morgan fingerprint density at radius 3 is 2.52 bits per heavy atom. The van der Waals surface area contributed by atoms with Crippen LogP contribution in [0.5, 0.6) is 5.75 Å². The van der Waals surface area contributed by atoms with E-state index in [1.807, 2.05) is 18.2 Å². The molecule has 1 fully saturated rings. The number of aromatic nitrogens is 2. The summed E-state index contributed by atoms with van der Waals surface area (Å²) in [5.41, 5.74) is 2.16. The van der Waals surface area contributed by atoms with Crippen molar-refractivity contribution < 1.29 is 4.74 Å². The van der Waals surface area contributed by atoms with E-state index in [1.54, 1.807) is 17.9 Å². The molecule has 1 aliphatic heterocycles. The van der Waals surface area contributed by atoms with Gasteiger partial charge in [0.05, 0.1) is 19.5 Å². The number of benzene rings is 1. The molecular weight excluding hydrogens is 314 g/mol. The van der Waals surface area contributed by atoms with Crippen LogP contribution in [0.15, 0.2) is 41.2 Å². The van der Waals surface area contributed by atoms with E-state index in [1.165, 1.54) is 5.56 Å². The smallest absolute Gasteiger partial charge is 0.267 e. The van der Waals surface area contributed by atoms with Crippen LogP contribution in [0.2, 0.25) is 0 Å². The monoisotopic (exact) mass is 341 g/mol. The average molecular weight is 341 g/mol. The van der Waals surface area contributed by atoms with Gasteiger partial charge in [0.1, 0.15) is 5.75 Å². The van der Waals surface area contributed by atoms with E-state index in [0.717, 1.165) is 31.0 Å². The molecule has 0 N–H and O–H groups in total. The Morgan fingerprint density at radius 1 is 1.16 bits per heavy atom. The molecule has 1 aliphatic rings. The molecule has 1 unspecified atom stereocenters. The highest BCUT2D eigenvalue weighted by molar-refractivity contribution is 5.30. The lowest BCUT2D eigenvalue weighted by Gasteiger charge is -2.21. The molecule has 5 heteroatoms. The van der Waals surface area contributed by atoms with Gasteiger partial charge in [0, 0.05) is 24.6 Å². The van der Waals surface area contributed by atoms with Crippen molar-refractivity contribution in [2.45, 2.75) is 45.2 Å². The van der Waals surface area contributed by atoms with Crippen molar-refractivity contribution in [3.8, 4) is 5.75 Å². The minimum atomic E-state index is -0.0634. The Kier molecular flexibility index (Phi) is 4.95. The molecule has 0 radical (unpaired) electrons. The quantitative estimate of drug-likeness (QED) is 0.858. The number of nitrogens with zero attached hydrogens (tertiary/aromatic N) is 3. The third-order valence-corrected chi connectivity index (χ3v) is 4.83. The molecule has 2 heterocycles. The van der Waals surface area contributed by atoms with Crippen LogP contribution in [0.25, 0.3) is 0 Å². The number of rotatable bonds is 4. The molecule has 5 nitrogen and oxygen atoms in total. The second-order valence-corrected chi connectivity index (χ2v) is 7.78. The van der Waals surface area contributed by atoms with Crippen LogP contribution in [0.1, 0.15) is 44.4 Å². The van der Waals surface area contributed by atoms with Crippen molar-refractivity contribution >= 4 is 0 Å². The normalized spacial score (nSPS) is 18.5. The second-order valence-electron chi connectivity index (χ2n) is 7.78. The molecule has 1 aromatic heterocycles. The molecule has 134 valence electrons. The first-order valence-corrected chi connectivity index (χ1v) is 8.82. The summed E-state index contributed by atoms with van der Waals surface area (Å²) < 4.78 is 6.82. The van der Waals surface area contributed by atoms with Gasteiger partial charge < -0.3 is 4.74 Å². The second kappa shape index (κ2) is 7.00. The van der Waals surface area contributed by atoms with Crippen molar-refractivity contribution in [2.24, 2.45) is 0 Å². The lowest BCUT2D eigenvalue weighted by molar-refractivity contribution is 0.243. The summed E-state index contributed by atoms with van der Waals surface area (Å²) in [6.45, 7) is 8.80. The summed E-state index contributed by atoms with van der Waals surface area (Å²) in [5, 5.41) is 4.57. The first-order valence-electron chi connectivity index (χ1n) is 8.82. The van der Waals surface area contributed by atoms with Gasteiger partial charge in [-0.2, -0.15) is 5.10 Å². The SMILES string of the molecule is COc1ccc(C2CCN(Cn3nc(C(C)(C)C)ccc3=O)C2)cc1. The van der Waals surface area contributed by atoms with E-state index in [-0.39, 0.29) is 11.0 Å². The fraction of sp³-hybridized carbons (Fsp3) is 0.500. The molecule has 0 saturated carbocycles. The zero-order chi connectivity index (χ0) is 18.0. The van der Waals surface area contributed by atoms with Crippen LogP contribution >= 0.6 is 0 Å². The largest absolute Gasteiger partial charge is 0.497 e. The molecule has 0 spiro atoms. The van der Waals surface area contributed by atoms with Crippen molar-refractivity contribution in [2.75, 3.05) is 20.2 Å². The summed E-state index contributed by atoms with van der Waals surface area (Å²) in [6, 6.07) is 11.8. The summed E-state index contributed by atoms with van der Waals surface area (Å²) in [4.78, 5) is 14.5. The van der Waals surface area contributed by atoms with Crippen molar-refractivity contribution in [3.63, 3.8) is 0 Å². The molecule has 25 heavy (non-hydrogen) atoms. The van der Waals surface area contributed by atoms with Crippen LogP contribution in [0.4, 0.5) is 0 Å². The van der Waals surface area contributed by atoms with E-state index in [4.69, 9.17) is 4.74 Å². The van der Waals surface area contributed by atoms with Gasteiger partial charge in [-0.3, -0.25) is 9.69 Å². The zero-order valence-electron chi connectivity index (χ0n) is 15.5. The lowest BCUT2D eigenvalue weighted by atomic mass is 9.92. The molecule has 1 aromatic carbocycles. The predicted molar refractivity (Wildman–Crippen MR) is 99.1 cm³/mol. The summed E-state index contributed by atoms with van der Waals surface area (Å²) in [7, 11) is 1.68. The standard InChI is InChI=1S/C20H27N3O2/c1-20(2,3)18-9-10-19(24)23(21-18)14-22-12-11-16(13-22)15-5-7-17(25-4)8-6-15/h5-10,16H,11-14H2,1-4H3. The molecule has 1 atom stereocenters. The van der Waals surface area contributed by atoms with Gasteiger partial charge in [0.15, 0.2) is 0 Å². The van der Waals surface area contributed by atoms with E-state index in [9.17, 15) is 4.79 Å². The Balaban J connectivity index is 1.70. The van der Waals surface area contributed by atoms with Crippen molar-refractivity contribution in [3.05, 3.63) is 58.0 Å². The number of ether oxygens (including phenoxy) is 1. The maximum atomic E-state index is 12.2. The Labute approximate surface area is 149 Å². The van der Waals surface area contributed by atoms with Gasteiger partial charge in [-0.05, 0) is 36.1 Å². The van der Waals surface area contributed by atoms with E-state index in [0.29, 0.717) is 12.6 Å². The highest BCUT2D eigenvalue weighted by Crippen LogP contribution is 2.28. The Bertz CT molecular complexity index is 775. The van der Waals surface area contributed by atoms with Gasteiger partial charge in [-0.15, -0.1) is 0 Å². The zero-order valence-corrected chi connectivity index (χ0v) is 15.5. The maximum Gasteiger partial charge on any atom is 0.267 e. The van der Waals surface area contributed by atoms with Crippen LogP contribution in [0, 0.1) is 0 Å². The summed E-state index contributed by atoms with van der Waals surface area (Å²) in [5.74, 6) is 1.38. The van der Waals surface area contributed by atoms with Crippen LogP contribution in [-0.2, 0) is 12.1 Å². The van der Waals surface area contributed by atoms with E-state index >= 15 is 0 Å². The summed E-state index contributed by atoms with van der Waals surface area (Å²) in [6.07, 6.45) is 1.10. The van der Waals surface area contributed by atoms with E-state index in [2.05, 4.69) is 42.9 Å². The number of hydrogen-bond donors (Lipinski definition) is 0. The van der Waals surface area contributed by atoms with Crippen molar-refractivity contribution in [1.82, 2.24) is 14.7 Å². The number of hydrogen-bond acceptors (Lipinski definition) is 4. The highest BCUT2D eigenvalue weighted by Gasteiger charge is 2.25. The fourth-order valence-corrected chi connectivity index (χ4v) is 3.25. The molecule has 2 aromatic rings. The van der Waals surface area contributed by atoms with Gasteiger partial charge in [0.25, 0.3) is 5.56 Å². The van der Waals surface area contributed by atoms with Crippen molar-refractivity contribution in [1.29, 1.82) is 0 Å². The number of methoxy groups -OCH3 is 1. The molecule has 3 rings (SSSR count). The molecular formula is C20H27N3O2. The predicted octanol–water partition coefficient (Wildman–Crippen LogP) is 3.00. The van der Waals surface area contributed by atoms with Crippen LogP contribution in [-0.4, -0.2) is 34.9 Å². The van der Waals surface area contributed by atoms with Gasteiger partial charge in [0.2, 0.25) is 0 Å². The van der Waals surface area contributed by atoms with Crippen LogP contribution in [0.3, 0.4) is 0 Å². The fourth-order valence-electron chi connectivity index (χ4n) is 3.25. The van der Waals surface area contributed by atoms with E-state index < -0.39 is 0 Å². The lowest BCUT2D eigenvalue weighted by Crippen LogP contribution is -2.34. The molecule has 0 aliphatic carbocycles. The third-order valence-electron chi connectivity index (χ3n) is 4.83. The average Bonchev–Trinajstić information content (AvgIpc) is 3.04. The maximum absolute atomic E-state index is 12.2. The first-order chi connectivity index (χ1) is 11.9. The van der Waals surface area contributed by atoms with Gasteiger partial charge in [-0.1, -0.05) is 32.9 Å². The minimum Gasteiger partial charge on any atom is -0.497 e. The molecule has 0 amide bonds. The number of likely N-dealkylation sites (tertiary alicyclic amines) is 1. The minimum absolute atomic E-state index is 0.0408. The van der Waals surface area contributed by atoms with Crippen LogP contribution < -0.4 is 10.3 Å². The van der Waals surface area contributed by atoms with Gasteiger partial charge >= 0.3 is 0 Å². The molecule has 1 saturated heterocycles. The Morgan fingerprint density at radius 2 is 1.88 bits per heavy atom. The molecule has 0 bridgehead atoms. The summed E-state index contributed by atoms with van der Waals surface area (Å²) >= 11 is 0.